The Balaban J connectivity index is 1.11. The number of para-hydroxylation sites is 1. The van der Waals surface area contributed by atoms with Crippen molar-refractivity contribution in [1.29, 1.82) is 0 Å². The summed E-state index contributed by atoms with van der Waals surface area (Å²) in [4.78, 5) is 21.6. The first kappa shape index (κ1) is 30.4. The Kier molecular flexibility index (Phi) is 7.32. The topological polar surface area (TPSA) is 82.3 Å². The smallest absolute Gasteiger partial charge is 0.164 e. The highest BCUT2D eigenvalue weighted by Gasteiger charge is 2.18. The van der Waals surface area contributed by atoms with Gasteiger partial charge in [-0.05, 0) is 47.5 Å². The maximum Gasteiger partial charge on any atom is 0.164 e. The molecule has 3 heterocycles. The van der Waals surface area contributed by atoms with Crippen LogP contribution in [0.15, 0.2) is 176 Å². The van der Waals surface area contributed by atoms with Crippen LogP contribution >= 0.6 is 0 Å². The van der Waals surface area contributed by atoms with Crippen molar-refractivity contribution in [2.45, 2.75) is 0 Å². The van der Waals surface area contributed by atoms with Gasteiger partial charge >= 0.3 is 0 Å². The minimum Gasteiger partial charge on any atom is -0.247 e. The van der Waals surface area contributed by atoms with Gasteiger partial charge in [0.2, 0.25) is 0 Å². The average Bonchev–Trinajstić information content (AvgIpc) is 3.69. The molecule has 7 nitrogen and oxygen atoms in total. The fourth-order valence-corrected chi connectivity index (χ4v) is 6.89. The van der Waals surface area contributed by atoms with Crippen LogP contribution in [0.4, 0.5) is 0 Å². The van der Waals surface area contributed by atoms with Crippen molar-refractivity contribution >= 4 is 32.7 Å². The third kappa shape index (κ3) is 5.57. The van der Waals surface area contributed by atoms with Gasteiger partial charge < -0.3 is 0 Å². The maximum absolute atomic E-state index is 5.22. The van der Waals surface area contributed by atoms with Crippen molar-refractivity contribution in [3.8, 4) is 62.2 Å². The van der Waals surface area contributed by atoms with Crippen molar-refractivity contribution in [2.75, 3.05) is 0 Å². The summed E-state index contributed by atoms with van der Waals surface area (Å²) in [6.45, 7) is 0. The molecule has 0 aliphatic heterocycles. The summed E-state index contributed by atoms with van der Waals surface area (Å²) in [5.41, 5.74) is 10.4. The number of hydrogen-bond acceptors (Lipinski definition) is 6. The molecular formula is C46H29N7. The standard InChI is InChI=1S/C46H29N7/c1-5-13-31(14-6-1)42-37-26-28-40-43(52-53(51-40)36-19-11-4-12-20-36)41(37)38-29-35(25-27-39(38)47-42)30-21-23-34(24-22-30)46-49-44(32-15-7-2-8-16-32)48-45(50-46)33-17-9-3-10-18-33/h1-29H. The zero-order valence-electron chi connectivity index (χ0n) is 28.4. The van der Waals surface area contributed by atoms with Gasteiger partial charge in [0.15, 0.2) is 17.5 Å². The molecule has 248 valence electrons. The van der Waals surface area contributed by atoms with E-state index in [-0.39, 0.29) is 0 Å². The van der Waals surface area contributed by atoms with E-state index in [1.54, 1.807) is 4.80 Å². The number of nitrogens with zero attached hydrogens (tertiary/aromatic N) is 7. The van der Waals surface area contributed by atoms with Gasteiger partial charge in [0.1, 0.15) is 11.0 Å². The predicted octanol–water partition coefficient (Wildman–Crippen LogP) is 10.6. The first-order valence-electron chi connectivity index (χ1n) is 17.5. The molecule has 0 bridgehead atoms. The quantitative estimate of drug-likeness (QED) is 0.163. The van der Waals surface area contributed by atoms with Crippen LogP contribution in [-0.2, 0) is 0 Å². The molecule has 3 aromatic heterocycles. The number of aromatic nitrogens is 7. The molecule has 53 heavy (non-hydrogen) atoms. The van der Waals surface area contributed by atoms with Crippen molar-refractivity contribution in [1.82, 2.24) is 34.9 Å². The highest BCUT2D eigenvalue weighted by atomic mass is 15.5. The predicted molar refractivity (Wildman–Crippen MR) is 212 cm³/mol. The van der Waals surface area contributed by atoms with Crippen LogP contribution < -0.4 is 0 Å². The average molecular weight is 680 g/mol. The minimum atomic E-state index is 0.621. The highest BCUT2D eigenvalue weighted by Crippen LogP contribution is 2.38. The lowest BCUT2D eigenvalue weighted by atomic mass is 9.96. The van der Waals surface area contributed by atoms with E-state index in [0.717, 1.165) is 77.5 Å². The molecule has 0 unspecified atom stereocenters. The third-order valence-electron chi connectivity index (χ3n) is 9.52. The number of rotatable bonds is 6. The SMILES string of the molecule is c1ccc(-c2nc(-c3ccccc3)nc(-c3ccc(-c4ccc5nc(-c6ccccc6)c6ccc7nn(-c8ccccc8)nc7c6c5c4)cc3)n2)cc1. The summed E-state index contributed by atoms with van der Waals surface area (Å²) < 4.78 is 0. The number of fused-ring (bicyclic) bond motifs is 5. The summed E-state index contributed by atoms with van der Waals surface area (Å²) >= 11 is 0. The summed E-state index contributed by atoms with van der Waals surface area (Å²) in [5.74, 6) is 1.89. The Morgan fingerprint density at radius 1 is 0.340 bits per heavy atom. The minimum absolute atomic E-state index is 0.621. The number of benzene rings is 7. The van der Waals surface area contributed by atoms with Crippen LogP contribution in [-0.4, -0.2) is 34.9 Å². The number of hydrogen-bond donors (Lipinski definition) is 0. The van der Waals surface area contributed by atoms with Crippen molar-refractivity contribution in [2.24, 2.45) is 0 Å². The van der Waals surface area contributed by atoms with Crippen LogP contribution in [0.1, 0.15) is 0 Å². The highest BCUT2D eigenvalue weighted by molar-refractivity contribution is 6.21. The lowest BCUT2D eigenvalue weighted by Crippen LogP contribution is -2.00. The van der Waals surface area contributed by atoms with Gasteiger partial charge in [0.05, 0.1) is 16.9 Å². The summed E-state index contributed by atoms with van der Waals surface area (Å²) in [5, 5.41) is 13.0. The fraction of sp³-hybridized carbons (Fsp3) is 0. The van der Waals surface area contributed by atoms with Gasteiger partial charge in [0, 0.05) is 38.4 Å². The van der Waals surface area contributed by atoms with Gasteiger partial charge in [0.25, 0.3) is 0 Å². The molecule has 0 atom stereocenters. The van der Waals surface area contributed by atoms with Crippen LogP contribution in [0.25, 0.3) is 94.9 Å². The van der Waals surface area contributed by atoms with Crippen molar-refractivity contribution < 1.29 is 0 Å². The Hall–Kier alpha value is -7.38. The van der Waals surface area contributed by atoms with Gasteiger partial charge in [-0.2, -0.15) is 4.80 Å². The number of pyridine rings is 1. The summed E-state index contributed by atoms with van der Waals surface area (Å²) in [6, 6.07) is 59.4. The summed E-state index contributed by atoms with van der Waals surface area (Å²) in [7, 11) is 0. The molecule has 0 radical (unpaired) electrons. The molecule has 10 aromatic rings. The Morgan fingerprint density at radius 3 is 1.43 bits per heavy atom. The molecule has 7 aromatic carbocycles. The van der Waals surface area contributed by atoms with E-state index in [2.05, 4.69) is 60.7 Å². The van der Waals surface area contributed by atoms with E-state index >= 15 is 0 Å². The van der Waals surface area contributed by atoms with Gasteiger partial charge in [-0.15, -0.1) is 10.2 Å². The molecule has 10 rings (SSSR count). The zero-order valence-corrected chi connectivity index (χ0v) is 28.4. The summed E-state index contributed by atoms with van der Waals surface area (Å²) in [6.07, 6.45) is 0. The van der Waals surface area contributed by atoms with Gasteiger partial charge in [-0.1, -0.05) is 140 Å². The van der Waals surface area contributed by atoms with Gasteiger partial charge in [-0.25, -0.2) is 19.9 Å². The van der Waals surface area contributed by atoms with Crippen LogP contribution in [0.5, 0.6) is 0 Å². The van der Waals surface area contributed by atoms with E-state index in [9.17, 15) is 0 Å². The van der Waals surface area contributed by atoms with Crippen LogP contribution in [0.3, 0.4) is 0 Å². The lowest BCUT2D eigenvalue weighted by molar-refractivity contribution is 0.766. The second kappa shape index (κ2) is 12.7. The second-order valence-corrected chi connectivity index (χ2v) is 12.9. The second-order valence-electron chi connectivity index (χ2n) is 12.9. The normalized spacial score (nSPS) is 11.4. The Morgan fingerprint density at radius 2 is 0.830 bits per heavy atom. The van der Waals surface area contributed by atoms with Crippen molar-refractivity contribution in [3.05, 3.63) is 176 Å². The largest absolute Gasteiger partial charge is 0.247 e. The molecule has 0 amide bonds. The fourth-order valence-electron chi connectivity index (χ4n) is 6.89. The van der Waals surface area contributed by atoms with Crippen LogP contribution in [0.2, 0.25) is 0 Å². The molecule has 0 saturated heterocycles. The molecular weight excluding hydrogens is 651 g/mol. The first-order valence-corrected chi connectivity index (χ1v) is 17.5. The molecule has 0 spiro atoms. The first-order chi connectivity index (χ1) is 26.2. The maximum atomic E-state index is 5.22. The molecule has 0 aliphatic rings. The molecule has 0 N–H and O–H groups in total. The Labute approximate surface area is 304 Å². The van der Waals surface area contributed by atoms with E-state index < -0.39 is 0 Å². The van der Waals surface area contributed by atoms with E-state index in [1.807, 2.05) is 115 Å². The Bertz CT molecular complexity index is 2850. The molecule has 0 saturated carbocycles. The molecule has 0 aliphatic carbocycles. The van der Waals surface area contributed by atoms with Crippen molar-refractivity contribution in [3.63, 3.8) is 0 Å². The third-order valence-corrected chi connectivity index (χ3v) is 9.52. The lowest BCUT2D eigenvalue weighted by Gasteiger charge is -2.12. The van der Waals surface area contributed by atoms with E-state index in [4.69, 9.17) is 30.1 Å². The van der Waals surface area contributed by atoms with Gasteiger partial charge in [-0.3, -0.25) is 0 Å². The zero-order chi connectivity index (χ0) is 35.1. The molecule has 0 fully saturated rings. The van der Waals surface area contributed by atoms with Crippen LogP contribution in [0, 0.1) is 0 Å². The molecule has 7 heteroatoms. The van der Waals surface area contributed by atoms with E-state index in [0.29, 0.717) is 17.5 Å². The monoisotopic (exact) mass is 679 g/mol. The van der Waals surface area contributed by atoms with E-state index in [1.165, 1.54) is 0 Å².